The molecule has 1 aromatic rings. The van der Waals surface area contributed by atoms with Crippen LogP contribution in [0.3, 0.4) is 0 Å². The maximum absolute atomic E-state index is 4.30. The molecular formula is C11H18N2S2. The maximum atomic E-state index is 4.30. The molecule has 2 unspecified atom stereocenters. The molecule has 0 amide bonds. The lowest BCUT2D eigenvalue weighted by atomic mass is 10.1. The van der Waals surface area contributed by atoms with E-state index in [-0.39, 0.29) is 0 Å². The summed E-state index contributed by atoms with van der Waals surface area (Å²) in [4.78, 5) is 5.67. The van der Waals surface area contributed by atoms with Crippen molar-refractivity contribution in [2.75, 3.05) is 11.5 Å². The molecule has 1 aliphatic heterocycles. The van der Waals surface area contributed by atoms with Crippen LogP contribution in [0.5, 0.6) is 0 Å². The summed E-state index contributed by atoms with van der Waals surface area (Å²) in [5.41, 5.74) is 0. The third-order valence-corrected chi connectivity index (χ3v) is 5.02. The van der Waals surface area contributed by atoms with Gasteiger partial charge in [0.25, 0.3) is 0 Å². The van der Waals surface area contributed by atoms with E-state index in [1.165, 1.54) is 29.2 Å². The molecule has 4 heteroatoms. The van der Waals surface area contributed by atoms with Gasteiger partial charge in [-0.1, -0.05) is 0 Å². The lowest BCUT2D eigenvalue weighted by molar-refractivity contribution is 0.456. The first-order valence-electron chi connectivity index (χ1n) is 5.52. The summed E-state index contributed by atoms with van der Waals surface area (Å²) in [5.74, 6) is 2.61. The highest BCUT2D eigenvalue weighted by Gasteiger charge is 2.17. The lowest BCUT2D eigenvalue weighted by Gasteiger charge is -2.25. The lowest BCUT2D eigenvalue weighted by Crippen LogP contribution is -2.35. The number of hydrogen-bond acceptors (Lipinski definition) is 4. The summed E-state index contributed by atoms with van der Waals surface area (Å²) in [5, 5.41) is 4.86. The Morgan fingerprint density at radius 2 is 2.47 bits per heavy atom. The van der Waals surface area contributed by atoms with Crippen LogP contribution in [0.25, 0.3) is 0 Å². The summed E-state index contributed by atoms with van der Waals surface area (Å²) in [6.45, 7) is 4.31. The van der Waals surface area contributed by atoms with Gasteiger partial charge in [-0.05, 0) is 32.4 Å². The van der Waals surface area contributed by atoms with Crippen LogP contribution in [-0.2, 0) is 0 Å². The van der Waals surface area contributed by atoms with E-state index in [0.29, 0.717) is 12.1 Å². The molecule has 1 aromatic heterocycles. The average Bonchev–Trinajstić information content (AvgIpc) is 2.66. The fourth-order valence-corrected chi connectivity index (χ4v) is 3.77. The number of rotatable bonds is 3. The first-order chi connectivity index (χ1) is 7.25. The van der Waals surface area contributed by atoms with Crippen LogP contribution in [0.4, 0.5) is 0 Å². The zero-order valence-corrected chi connectivity index (χ0v) is 11.0. The van der Waals surface area contributed by atoms with E-state index in [9.17, 15) is 0 Å². The molecule has 2 atom stereocenters. The van der Waals surface area contributed by atoms with E-state index in [2.05, 4.69) is 35.9 Å². The SMILES string of the molecule is Cc1ncc(C(C)NC2CCCSC2)s1. The topological polar surface area (TPSA) is 24.9 Å². The van der Waals surface area contributed by atoms with Gasteiger partial charge >= 0.3 is 0 Å². The van der Waals surface area contributed by atoms with Crippen LogP contribution in [0.15, 0.2) is 6.20 Å². The minimum absolute atomic E-state index is 0.458. The molecule has 1 saturated heterocycles. The quantitative estimate of drug-likeness (QED) is 0.882. The molecule has 0 spiro atoms. The molecule has 0 saturated carbocycles. The van der Waals surface area contributed by atoms with E-state index >= 15 is 0 Å². The van der Waals surface area contributed by atoms with Crippen LogP contribution in [0, 0.1) is 6.92 Å². The summed E-state index contributed by atoms with van der Waals surface area (Å²) in [7, 11) is 0. The number of aromatic nitrogens is 1. The van der Waals surface area contributed by atoms with Gasteiger partial charge in [0.2, 0.25) is 0 Å². The second-order valence-corrected chi connectivity index (χ2v) is 6.50. The fraction of sp³-hybridized carbons (Fsp3) is 0.727. The van der Waals surface area contributed by atoms with Gasteiger partial charge in [0, 0.05) is 28.9 Å². The summed E-state index contributed by atoms with van der Waals surface area (Å²) >= 11 is 3.87. The largest absolute Gasteiger partial charge is 0.306 e. The van der Waals surface area contributed by atoms with Gasteiger partial charge in [-0.3, -0.25) is 0 Å². The van der Waals surface area contributed by atoms with Crippen LogP contribution < -0.4 is 5.32 Å². The summed E-state index contributed by atoms with van der Waals surface area (Å²) < 4.78 is 0. The Kier molecular flexibility index (Phi) is 4.05. The number of thiazole rings is 1. The third-order valence-electron chi connectivity index (χ3n) is 2.71. The van der Waals surface area contributed by atoms with Crippen molar-refractivity contribution in [3.63, 3.8) is 0 Å². The Bertz CT molecular complexity index is 305. The molecule has 1 N–H and O–H groups in total. The molecule has 0 bridgehead atoms. The normalized spacial score (nSPS) is 24.0. The van der Waals surface area contributed by atoms with Gasteiger partial charge < -0.3 is 5.32 Å². The van der Waals surface area contributed by atoms with Crippen molar-refractivity contribution in [2.45, 2.75) is 38.8 Å². The summed E-state index contributed by atoms with van der Waals surface area (Å²) in [6.07, 6.45) is 4.69. The number of nitrogens with zero attached hydrogens (tertiary/aromatic N) is 1. The highest BCUT2D eigenvalue weighted by Crippen LogP contribution is 2.23. The van der Waals surface area contributed by atoms with Gasteiger partial charge in [0.15, 0.2) is 0 Å². The zero-order valence-electron chi connectivity index (χ0n) is 9.32. The maximum Gasteiger partial charge on any atom is 0.0897 e. The number of thioether (sulfide) groups is 1. The molecule has 0 radical (unpaired) electrons. The number of nitrogens with one attached hydrogen (secondary N) is 1. The van der Waals surface area contributed by atoms with Crippen LogP contribution in [-0.4, -0.2) is 22.5 Å². The minimum atomic E-state index is 0.458. The summed E-state index contributed by atoms with van der Waals surface area (Å²) in [6, 6.07) is 1.15. The second-order valence-electron chi connectivity index (χ2n) is 4.08. The molecular weight excluding hydrogens is 224 g/mol. The van der Waals surface area contributed by atoms with Crippen molar-refractivity contribution in [3.05, 3.63) is 16.1 Å². The minimum Gasteiger partial charge on any atom is -0.306 e. The number of aryl methyl sites for hydroxylation is 1. The van der Waals surface area contributed by atoms with E-state index in [4.69, 9.17) is 0 Å². The molecule has 2 rings (SSSR count). The average molecular weight is 242 g/mol. The highest BCUT2D eigenvalue weighted by atomic mass is 32.2. The van der Waals surface area contributed by atoms with E-state index in [1.807, 2.05) is 6.20 Å². The van der Waals surface area contributed by atoms with Gasteiger partial charge in [0.05, 0.1) is 5.01 Å². The smallest absolute Gasteiger partial charge is 0.0897 e. The predicted molar refractivity (Wildman–Crippen MR) is 68.7 cm³/mol. The standard InChI is InChI=1S/C11H18N2S2/c1-8(11-6-12-9(2)15-11)13-10-4-3-5-14-7-10/h6,8,10,13H,3-5,7H2,1-2H3. The predicted octanol–water partition coefficient (Wildman–Crippen LogP) is 3.00. The molecule has 15 heavy (non-hydrogen) atoms. The zero-order chi connectivity index (χ0) is 10.7. The van der Waals surface area contributed by atoms with Gasteiger partial charge in [-0.25, -0.2) is 4.98 Å². The van der Waals surface area contributed by atoms with Crippen molar-refractivity contribution in [2.24, 2.45) is 0 Å². The number of hydrogen-bond donors (Lipinski definition) is 1. The monoisotopic (exact) mass is 242 g/mol. The third kappa shape index (κ3) is 3.20. The molecule has 84 valence electrons. The molecule has 0 aliphatic carbocycles. The van der Waals surface area contributed by atoms with Crippen LogP contribution >= 0.6 is 23.1 Å². The highest BCUT2D eigenvalue weighted by molar-refractivity contribution is 7.99. The van der Waals surface area contributed by atoms with Crippen LogP contribution in [0.2, 0.25) is 0 Å². The van der Waals surface area contributed by atoms with Crippen molar-refractivity contribution < 1.29 is 0 Å². The Morgan fingerprint density at radius 3 is 3.07 bits per heavy atom. The molecule has 1 fully saturated rings. The molecule has 2 heterocycles. The first kappa shape index (κ1) is 11.4. The van der Waals surface area contributed by atoms with E-state index < -0.39 is 0 Å². The Morgan fingerprint density at radius 1 is 1.60 bits per heavy atom. The molecule has 0 aromatic carbocycles. The van der Waals surface area contributed by atoms with Gasteiger partial charge in [-0.15, -0.1) is 11.3 Å². The van der Waals surface area contributed by atoms with Crippen molar-refractivity contribution in [3.8, 4) is 0 Å². The van der Waals surface area contributed by atoms with Gasteiger partial charge in [0.1, 0.15) is 0 Å². The van der Waals surface area contributed by atoms with Gasteiger partial charge in [-0.2, -0.15) is 11.8 Å². The molecule has 1 aliphatic rings. The van der Waals surface area contributed by atoms with Crippen molar-refractivity contribution >= 4 is 23.1 Å². The van der Waals surface area contributed by atoms with Crippen molar-refractivity contribution in [1.82, 2.24) is 10.3 Å². The fourth-order valence-electron chi connectivity index (χ4n) is 1.89. The van der Waals surface area contributed by atoms with E-state index in [0.717, 1.165) is 5.01 Å². The Hall–Kier alpha value is -0.0600. The van der Waals surface area contributed by atoms with Crippen molar-refractivity contribution in [1.29, 1.82) is 0 Å². The Labute approximate surface area is 99.9 Å². The first-order valence-corrected chi connectivity index (χ1v) is 7.49. The van der Waals surface area contributed by atoms with Crippen LogP contribution in [0.1, 0.15) is 35.7 Å². The molecule has 2 nitrogen and oxygen atoms in total. The second kappa shape index (κ2) is 5.32. The Balaban J connectivity index is 1.88. The van der Waals surface area contributed by atoms with E-state index in [1.54, 1.807) is 11.3 Å².